The third-order valence-electron chi connectivity index (χ3n) is 7.95. The van der Waals surface area contributed by atoms with Crippen molar-refractivity contribution < 1.29 is 43.4 Å². The zero-order valence-corrected chi connectivity index (χ0v) is 33.8. The maximum absolute atomic E-state index is 11.7. The lowest BCUT2D eigenvalue weighted by Gasteiger charge is -2.32. The number of hydrogen-bond acceptors (Lipinski definition) is 12. The minimum atomic E-state index is -0.513. The summed E-state index contributed by atoms with van der Waals surface area (Å²) >= 11 is 0. The van der Waals surface area contributed by atoms with E-state index in [0.717, 1.165) is 49.5 Å². The van der Waals surface area contributed by atoms with Crippen LogP contribution < -0.4 is 22.3 Å². The van der Waals surface area contributed by atoms with Gasteiger partial charge in [0.2, 0.25) is 5.91 Å². The largest absolute Gasteiger partial charge is 0.386 e. The molecule has 302 valence electrons. The Morgan fingerprint density at radius 3 is 1.90 bits per heavy atom. The van der Waals surface area contributed by atoms with E-state index in [1.807, 2.05) is 14.1 Å². The van der Waals surface area contributed by atoms with E-state index in [4.69, 9.17) is 21.0 Å². The Kier molecular flexibility index (Phi) is 37.8. The normalized spacial score (nSPS) is 13.6. The van der Waals surface area contributed by atoms with Crippen molar-refractivity contribution in [1.29, 1.82) is 0 Å². The van der Waals surface area contributed by atoms with E-state index in [1.54, 1.807) is 7.11 Å². The fraction of sp³-hybridized carbons (Fsp3) is 0.939. The number of likely N-dealkylation sites (N-methyl/N-ethyl adjacent to an activating group) is 2. The van der Waals surface area contributed by atoms with Gasteiger partial charge in [-0.3, -0.25) is 19.4 Å². The molecule has 0 saturated carbocycles. The maximum Gasteiger partial charge on any atom is 0.220 e. The highest BCUT2D eigenvalue weighted by molar-refractivity contribution is 6.85. The van der Waals surface area contributed by atoms with Gasteiger partial charge in [0.15, 0.2) is 6.73 Å². The predicted octanol–water partition coefficient (Wildman–Crippen LogP) is -0.0707. The lowest BCUT2D eigenvalue weighted by Crippen LogP contribution is -2.50. The average Bonchev–Trinajstić information content (AvgIpc) is 3.06. The minimum absolute atomic E-state index is 0.00165. The molecule has 15 nitrogen and oxygen atoms in total. The molecule has 0 aliphatic carbocycles. The number of halogens is 2. The molecule has 17 heteroatoms. The second-order valence-corrected chi connectivity index (χ2v) is 13.8. The highest BCUT2D eigenvalue weighted by Gasteiger charge is 2.22. The molecule has 0 heterocycles. The second kappa shape index (κ2) is 35.3. The molecular weight excluding hydrogens is 691 g/mol. The summed E-state index contributed by atoms with van der Waals surface area (Å²) in [6.07, 6.45) is 4.46. The van der Waals surface area contributed by atoms with Crippen LogP contribution in [0, 0.1) is 0 Å². The zero-order chi connectivity index (χ0) is 38.8. The van der Waals surface area contributed by atoms with E-state index in [9.17, 15) is 24.9 Å². The first kappa shape index (κ1) is 53.6. The van der Waals surface area contributed by atoms with Crippen LogP contribution in [0.15, 0.2) is 0 Å². The number of amides is 1. The van der Waals surface area contributed by atoms with Crippen molar-refractivity contribution in [2.45, 2.75) is 70.7 Å². The number of nitrogens with zero attached hydrogens (tertiary/aromatic N) is 4. The molecule has 0 rings (SSSR count). The van der Waals surface area contributed by atoms with Crippen molar-refractivity contribution in [1.82, 2.24) is 20.6 Å². The number of hydroxylamine groups is 1. The van der Waals surface area contributed by atoms with E-state index in [-0.39, 0.29) is 18.7 Å². The number of aliphatic hydroxyl groups excluding tert-OH is 3. The molecule has 9 N–H and O–H groups in total. The van der Waals surface area contributed by atoms with Gasteiger partial charge in [0.25, 0.3) is 0 Å². The number of aldehydes is 1. The van der Waals surface area contributed by atoms with Crippen LogP contribution >= 0.6 is 21.7 Å². The summed E-state index contributed by atoms with van der Waals surface area (Å²) in [5, 5.41) is 32.7. The Hall–Kier alpha value is -0.760. The summed E-state index contributed by atoms with van der Waals surface area (Å²) in [6, 6.07) is 0. The van der Waals surface area contributed by atoms with Gasteiger partial charge in [-0.1, -0.05) is 13.3 Å². The lowest BCUT2D eigenvalue weighted by molar-refractivity contribution is -0.911. The molecule has 3 atom stereocenters. The van der Waals surface area contributed by atoms with Gasteiger partial charge < -0.3 is 50.6 Å². The van der Waals surface area contributed by atoms with Crippen molar-refractivity contribution in [3.8, 4) is 0 Å². The fourth-order valence-corrected chi connectivity index (χ4v) is 5.01. The lowest BCUT2D eigenvalue weighted by atomic mass is 10.2. The van der Waals surface area contributed by atoms with Crippen molar-refractivity contribution in [3.63, 3.8) is 0 Å². The number of carbonyl (C=O) groups is 2. The van der Waals surface area contributed by atoms with Gasteiger partial charge >= 0.3 is 0 Å². The van der Waals surface area contributed by atoms with Crippen LogP contribution in [0.1, 0.15) is 52.4 Å². The van der Waals surface area contributed by atoms with E-state index < -0.39 is 12.2 Å². The Balaban J connectivity index is -0.000000841. The highest BCUT2D eigenvalue weighted by Crippen LogP contribution is 2.04. The summed E-state index contributed by atoms with van der Waals surface area (Å²) in [6.45, 7) is 13.1. The molecule has 0 spiro atoms. The SMILES string of the molecule is CCCC(COC)ONCCN(CCN)CC(O)C[N+](C)(C)CO.CC[N+](C)(C)CC(O)CN(CCN)CCNC(=O)CCCCC=O.ClCl. The Bertz CT molecular complexity index is 774. The summed E-state index contributed by atoms with van der Waals surface area (Å²) < 4.78 is 6.28. The Labute approximate surface area is 313 Å². The maximum atomic E-state index is 11.7. The molecule has 0 saturated heterocycles. The van der Waals surface area contributed by atoms with E-state index in [1.165, 1.54) is 0 Å². The van der Waals surface area contributed by atoms with Crippen LogP contribution in [0.25, 0.3) is 0 Å². The Morgan fingerprint density at radius 1 is 0.900 bits per heavy atom. The van der Waals surface area contributed by atoms with Crippen molar-refractivity contribution in [2.24, 2.45) is 11.5 Å². The number of quaternary nitrogens is 2. The van der Waals surface area contributed by atoms with Gasteiger partial charge in [-0.05, 0) is 26.2 Å². The fourth-order valence-electron chi connectivity index (χ4n) is 5.01. The number of nitrogens with two attached hydrogens (primary N) is 2. The number of hydrogen-bond donors (Lipinski definition) is 7. The highest BCUT2D eigenvalue weighted by atomic mass is 36.5. The topological polar surface area (TPSA) is 196 Å². The standard InChI is InChI=1S/C17H36N4O3.C16H39N4O4.Cl2/c1-4-21(2,3)15-16(23)14-20(11-9-18)12-10-19-17(24)8-6-5-7-13-22;1-5-6-16(13-23-4)24-18-8-10-19(9-7-17)11-15(22)12-20(2,3)14-21;1-2/h13,16,23H,4-12,14-15,18H2,1-3H3;15-16,18,21-22H,5-14,17H2,1-4H3;/q;+1;/p+1. The molecule has 0 radical (unpaired) electrons. The van der Waals surface area contributed by atoms with Crippen LogP contribution in [-0.4, -0.2) is 198 Å². The number of aliphatic hydroxyl groups is 3. The summed E-state index contributed by atoms with van der Waals surface area (Å²) in [5.74, 6) is 0.0120. The molecule has 50 heavy (non-hydrogen) atoms. The van der Waals surface area contributed by atoms with Crippen LogP contribution in [0.2, 0.25) is 0 Å². The van der Waals surface area contributed by atoms with Crippen LogP contribution in [0.3, 0.4) is 0 Å². The van der Waals surface area contributed by atoms with Crippen molar-refractivity contribution in [3.05, 3.63) is 0 Å². The number of rotatable bonds is 31. The van der Waals surface area contributed by atoms with E-state index in [0.29, 0.717) is 95.9 Å². The third kappa shape index (κ3) is 34.3. The first-order chi connectivity index (χ1) is 23.7. The first-order valence-corrected chi connectivity index (χ1v) is 19.0. The molecule has 0 aliphatic heterocycles. The van der Waals surface area contributed by atoms with Crippen LogP contribution in [0.4, 0.5) is 0 Å². The molecule has 1 amide bonds. The molecule has 0 aromatic carbocycles. The Morgan fingerprint density at radius 2 is 1.44 bits per heavy atom. The van der Waals surface area contributed by atoms with Crippen molar-refractivity contribution >= 4 is 33.9 Å². The molecule has 0 aromatic rings. The summed E-state index contributed by atoms with van der Waals surface area (Å²) in [4.78, 5) is 31.7. The van der Waals surface area contributed by atoms with Crippen molar-refractivity contribution in [2.75, 3.05) is 134 Å². The zero-order valence-electron chi connectivity index (χ0n) is 32.3. The molecular formula is C33H76Cl2N8O7+2. The molecule has 0 aromatic heterocycles. The molecule has 0 aliphatic rings. The third-order valence-corrected chi connectivity index (χ3v) is 7.95. The van der Waals surface area contributed by atoms with Gasteiger partial charge in [-0.15, -0.1) is 0 Å². The monoisotopic (exact) mass is 767 g/mol. The van der Waals surface area contributed by atoms with Crippen LogP contribution in [0.5, 0.6) is 0 Å². The van der Waals surface area contributed by atoms with Gasteiger partial charge in [-0.2, -0.15) is 0 Å². The van der Waals surface area contributed by atoms with E-state index >= 15 is 0 Å². The second-order valence-electron chi connectivity index (χ2n) is 13.8. The number of nitrogens with one attached hydrogen (secondary N) is 2. The number of carbonyl (C=O) groups excluding carboxylic acids is 2. The average molecular weight is 768 g/mol. The predicted molar refractivity (Wildman–Crippen MR) is 203 cm³/mol. The number of ether oxygens (including phenoxy) is 1. The molecule has 0 bridgehead atoms. The summed E-state index contributed by atoms with van der Waals surface area (Å²) in [7, 11) is 17.9. The van der Waals surface area contributed by atoms with Crippen LogP contribution in [-0.2, 0) is 19.2 Å². The van der Waals surface area contributed by atoms with Gasteiger partial charge in [0.1, 0.15) is 37.7 Å². The minimum Gasteiger partial charge on any atom is -0.386 e. The number of unbranched alkanes of at least 4 members (excludes halogenated alkanes) is 2. The number of methoxy groups -OCH3 is 1. The quantitative estimate of drug-likeness (QED) is 0.0164. The summed E-state index contributed by atoms with van der Waals surface area (Å²) in [5.41, 5.74) is 14.3. The van der Waals surface area contributed by atoms with E-state index in [2.05, 4.69) is 70.2 Å². The first-order valence-electron chi connectivity index (χ1n) is 17.9. The van der Waals surface area contributed by atoms with Gasteiger partial charge in [0.05, 0.1) is 41.3 Å². The smallest absolute Gasteiger partial charge is 0.220 e. The van der Waals surface area contributed by atoms with Gasteiger partial charge in [0, 0.05) is 107 Å². The molecule has 3 unspecified atom stereocenters. The molecule has 0 fully saturated rings. The van der Waals surface area contributed by atoms with Gasteiger partial charge in [-0.25, -0.2) is 5.48 Å².